The van der Waals surface area contributed by atoms with Crippen molar-refractivity contribution >= 4 is 17.8 Å². The molecule has 2 aliphatic heterocycles. The number of imide groups is 2. The van der Waals surface area contributed by atoms with Gasteiger partial charge in [0.15, 0.2) is 0 Å². The molecule has 29 heavy (non-hydrogen) atoms. The van der Waals surface area contributed by atoms with E-state index < -0.39 is 11.8 Å². The van der Waals surface area contributed by atoms with Crippen molar-refractivity contribution in [2.75, 3.05) is 13.2 Å². The molecule has 0 N–H and O–H groups in total. The van der Waals surface area contributed by atoms with E-state index in [1.165, 1.54) is 54.7 Å². The topological polar surface area (TPSA) is 60.9 Å². The second-order valence-electron chi connectivity index (χ2n) is 11.0. The molecule has 6 nitrogen and oxygen atoms in total. The van der Waals surface area contributed by atoms with Crippen LogP contribution in [0, 0.1) is 23.7 Å². The fraction of sp³-hybridized carbons (Fsp3) is 0.870. The van der Waals surface area contributed by atoms with Gasteiger partial charge in [-0.1, -0.05) is 12.8 Å². The lowest BCUT2D eigenvalue weighted by Crippen LogP contribution is -2.62. The number of nitrogens with zero attached hydrogens (tertiary/aromatic N) is 3. The van der Waals surface area contributed by atoms with Crippen LogP contribution < -0.4 is 0 Å². The predicted molar refractivity (Wildman–Crippen MR) is 107 cm³/mol. The zero-order valence-corrected chi connectivity index (χ0v) is 17.4. The van der Waals surface area contributed by atoms with Crippen molar-refractivity contribution in [1.29, 1.82) is 0 Å². The third kappa shape index (κ3) is 2.74. The molecule has 5 aliphatic carbocycles. The number of rotatable bonds is 3. The number of likely N-dealkylation sites (tertiary alicyclic amines) is 1. The van der Waals surface area contributed by atoms with Gasteiger partial charge in [0.05, 0.1) is 12.2 Å². The van der Waals surface area contributed by atoms with Crippen molar-refractivity contribution in [3.63, 3.8) is 0 Å². The van der Waals surface area contributed by atoms with Gasteiger partial charge < -0.3 is 0 Å². The fourth-order valence-corrected chi connectivity index (χ4v) is 8.47. The summed E-state index contributed by atoms with van der Waals surface area (Å²) in [6, 6.07) is 0.154. The first-order valence-electron chi connectivity index (χ1n) is 12.0. The summed E-state index contributed by atoms with van der Waals surface area (Å²) in [5, 5.41) is 0. The molecule has 4 bridgehead atoms. The zero-order valence-electron chi connectivity index (χ0n) is 17.4. The molecule has 6 heteroatoms. The number of fused-ring (bicyclic) bond motifs is 1. The Bertz CT molecular complexity index is 712. The molecule has 5 saturated carbocycles. The van der Waals surface area contributed by atoms with Gasteiger partial charge in [-0.15, -0.1) is 0 Å². The van der Waals surface area contributed by atoms with Crippen molar-refractivity contribution in [3.8, 4) is 0 Å². The quantitative estimate of drug-likeness (QED) is 0.539. The van der Waals surface area contributed by atoms with Crippen LogP contribution in [0.4, 0.5) is 4.79 Å². The van der Waals surface area contributed by atoms with Gasteiger partial charge in [-0.2, -0.15) is 0 Å². The lowest BCUT2D eigenvalue weighted by Gasteiger charge is -2.58. The Morgan fingerprint density at radius 2 is 1.41 bits per heavy atom. The van der Waals surface area contributed by atoms with E-state index in [2.05, 4.69) is 4.90 Å². The Balaban J connectivity index is 1.24. The first-order chi connectivity index (χ1) is 14.0. The summed E-state index contributed by atoms with van der Waals surface area (Å²) >= 11 is 0. The van der Waals surface area contributed by atoms with Crippen LogP contribution in [0.15, 0.2) is 0 Å². The minimum atomic E-state index is -0.580. The van der Waals surface area contributed by atoms with Crippen molar-refractivity contribution in [2.45, 2.75) is 88.6 Å². The number of urea groups is 1. The Hall–Kier alpha value is -1.43. The summed E-state index contributed by atoms with van der Waals surface area (Å²) in [7, 11) is 0. The highest BCUT2D eigenvalue weighted by Gasteiger charge is 2.61. The van der Waals surface area contributed by atoms with Crippen molar-refractivity contribution < 1.29 is 14.4 Å². The third-order valence-corrected chi connectivity index (χ3v) is 9.21. The molecule has 0 aromatic rings. The number of amides is 4. The van der Waals surface area contributed by atoms with E-state index in [1.807, 2.05) is 0 Å². The highest BCUT2D eigenvalue weighted by molar-refractivity contribution is 6.44. The predicted octanol–water partition coefficient (Wildman–Crippen LogP) is 3.36. The van der Waals surface area contributed by atoms with Crippen LogP contribution >= 0.6 is 0 Å². The van der Waals surface area contributed by atoms with Crippen LogP contribution in [0.2, 0.25) is 0 Å². The molecular formula is C23H33N3O3. The first-order valence-corrected chi connectivity index (χ1v) is 12.0. The van der Waals surface area contributed by atoms with Crippen LogP contribution in [-0.4, -0.2) is 57.3 Å². The zero-order chi connectivity index (χ0) is 19.8. The lowest BCUT2D eigenvalue weighted by molar-refractivity contribution is -0.150. The summed E-state index contributed by atoms with van der Waals surface area (Å²) in [6.45, 7) is 1.25. The van der Waals surface area contributed by atoms with E-state index >= 15 is 0 Å². The molecule has 0 radical (unpaired) electrons. The number of carbonyl (C=O) groups excluding carboxylic acids is 3. The van der Waals surface area contributed by atoms with E-state index in [9.17, 15) is 14.4 Å². The Morgan fingerprint density at radius 3 is 2.10 bits per heavy atom. The highest BCUT2D eigenvalue weighted by Crippen LogP contribution is 2.58. The van der Waals surface area contributed by atoms with E-state index in [0.29, 0.717) is 36.4 Å². The van der Waals surface area contributed by atoms with Gasteiger partial charge in [0.25, 0.3) is 0 Å². The van der Waals surface area contributed by atoms with Crippen molar-refractivity contribution in [2.24, 2.45) is 23.7 Å². The standard InChI is InChI=1S/C23H33N3O3/c27-20-21(28)26(23-11-15-8-16(12-23)10-17(9-15)13-23)22(29)25(20)14-24-7-3-5-18-4-1-2-6-19(18)24/h15-19H,1-14H2/t15?,16?,17?,18-,19+,23?/m0/s1. The minimum Gasteiger partial charge on any atom is -0.282 e. The monoisotopic (exact) mass is 399 g/mol. The Labute approximate surface area is 172 Å². The van der Waals surface area contributed by atoms with E-state index in [-0.39, 0.29) is 11.6 Å². The van der Waals surface area contributed by atoms with Crippen LogP contribution in [0.5, 0.6) is 0 Å². The van der Waals surface area contributed by atoms with Crippen LogP contribution in [-0.2, 0) is 9.59 Å². The summed E-state index contributed by atoms with van der Waals surface area (Å²) < 4.78 is 0. The smallest absolute Gasteiger partial charge is 0.282 e. The number of hydrogen-bond donors (Lipinski definition) is 0. The summed E-state index contributed by atoms with van der Waals surface area (Å²) in [5.74, 6) is 1.47. The van der Waals surface area contributed by atoms with Crippen molar-refractivity contribution in [3.05, 3.63) is 0 Å². The second kappa shape index (κ2) is 6.53. The molecule has 4 amide bonds. The van der Waals surface area contributed by atoms with Crippen LogP contribution in [0.25, 0.3) is 0 Å². The van der Waals surface area contributed by atoms with E-state index in [1.54, 1.807) is 0 Å². The molecule has 0 unspecified atom stereocenters. The van der Waals surface area contributed by atoms with Gasteiger partial charge in [0, 0.05) is 12.6 Å². The number of carbonyl (C=O) groups is 3. The lowest BCUT2D eigenvalue weighted by atomic mass is 9.52. The summed E-state index contributed by atoms with van der Waals surface area (Å²) in [5.41, 5.74) is -0.372. The SMILES string of the molecule is O=C1C(=O)N(C23CC4CC(CC(C4)C2)C3)C(=O)N1CN1CCC[C@@H]2CCCC[C@H]21. The molecule has 2 saturated heterocycles. The maximum atomic E-state index is 13.5. The average molecular weight is 400 g/mol. The molecular weight excluding hydrogens is 366 g/mol. The number of hydrogen-bond acceptors (Lipinski definition) is 4. The van der Waals surface area contributed by atoms with Gasteiger partial charge in [-0.25, -0.2) is 14.6 Å². The van der Waals surface area contributed by atoms with Crippen LogP contribution in [0.3, 0.4) is 0 Å². The Kier molecular flexibility index (Phi) is 4.13. The molecule has 7 fully saturated rings. The molecule has 7 rings (SSSR count). The number of piperidine rings is 1. The molecule has 2 atom stereocenters. The first kappa shape index (κ1) is 18.3. The average Bonchev–Trinajstić information content (AvgIpc) is 2.91. The third-order valence-electron chi connectivity index (χ3n) is 9.21. The fourth-order valence-electron chi connectivity index (χ4n) is 8.47. The van der Waals surface area contributed by atoms with Gasteiger partial charge >= 0.3 is 17.8 Å². The van der Waals surface area contributed by atoms with Gasteiger partial charge in [-0.3, -0.25) is 14.5 Å². The molecule has 7 aliphatic rings. The minimum absolute atomic E-state index is 0.313. The van der Waals surface area contributed by atoms with E-state index in [4.69, 9.17) is 0 Å². The van der Waals surface area contributed by atoms with Crippen molar-refractivity contribution in [1.82, 2.24) is 14.7 Å². The van der Waals surface area contributed by atoms with E-state index in [0.717, 1.165) is 38.6 Å². The van der Waals surface area contributed by atoms with Gasteiger partial charge in [0.2, 0.25) is 0 Å². The van der Waals surface area contributed by atoms with Gasteiger partial charge in [0.1, 0.15) is 0 Å². The molecule has 158 valence electrons. The molecule has 2 heterocycles. The largest absolute Gasteiger partial charge is 0.335 e. The molecule has 0 spiro atoms. The second-order valence-corrected chi connectivity index (χ2v) is 11.0. The van der Waals surface area contributed by atoms with Crippen LogP contribution in [0.1, 0.15) is 77.0 Å². The molecule has 0 aromatic carbocycles. The van der Waals surface area contributed by atoms with Gasteiger partial charge in [-0.05, 0) is 87.9 Å². The normalized spacial score (nSPS) is 44.7. The highest BCUT2D eigenvalue weighted by atomic mass is 16.2. The molecule has 0 aromatic heterocycles. The maximum Gasteiger partial charge on any atom is 0.335 e. The summed E-state index contributed by atoms with van der Waals surface area (Å²) in [6.07, 6.45) is 13.9. The summed E-state index contributed by atoms with van der Waals surface area (Å²) in [4.78, 5) is 44.5. The Morgan fingerprint density at radius 1 is 0.793 bits per heavy atom. The maximum absolute atomic E-state index is 13.5.